The molecule has 1 unspecified atom stereocenters. The minimum absolute atomic E-state index is 0.140. The van der Waals surface area contributed by atoms with Crippen LogP contribution in [0.25, 0.3) is 0 Å². The number of hydrogen-bond donors (Lipinski definition) is 2. The number of rotatable bonds is 5. The Kier molecular flexibility index (Phi) is 5.61. The van der Waals surface area contributed by atoms with E-state index in [1.807, 2.05) is 0 Å². The quantitative estimate of drug-likeness (QED) is 0.855. The highest BCUT2D eigenvalue weighted by Crippen LogP contribution is 2.21. The number of nitrogens with one attached hydrogen (secondary N) is 1. The van der Waals surface area contributed by atoms with Crippen molar-refractivity contribution in [3.8, 4) is 0 Å². The summed E-state index contributed by atoms with van der Waals surface area (Å²) in [4.78, 5) is 11.3. The van der Waals surface area contributed by atoms with E-state index in [-0.39, 0.29) is 12.3 Å². The van der Waals surface area contributed by atoms with E-state index in [9.17, 15) is 9.00 Å². The fraction of sp³-hybridized carbons (Fsp3) is 0.364. The first-order valence-electron chi connectivity index (χ1n) is 5.11. The molecule has 0 aliphatic heterocycles. The largest absolute Gasteiger partial charge is 0.330 e. The van der Waals surface area contributed by atoms with Crippen LogP contribution in [-0.4, -0.2) is 22.9 Å². The molecule has 3 N–H and O–H groups in total. The second kappa shape index (κ2) is 6.74. The maximum absolute atomic E-state index is 11.3. The Morgan fingerprint density at radius 1 is 1.53 bits per heavy atom. The molecule has 17 heavy (non-hydrogen) atoms. The highest BCUT2D eigenvalue weighted by atomic mass is 35.5. The monoisotopic (exact) mass is 274 g/mol. The Hall–Kier alpha value is -0.910. The SMILES string of the molecule is CS(=O)Cc1cc(NC(=O)CCN)ccc1Cl. The van der Waals surface area contributed by atoms with Gasteiger partial charge in [0.05, 0.1) is 0 Å². The summed E-state index contributed by atoms with van der Waals surface area (Å²) in [6.07, 6.45) is 1.88. The summed E-state index contributed by atoms with van der Waals surface area (Å²) < 4.78 is 11.1. The molecule has 6 heteroatoms. The average molecular weight is 275 g/mol. The van der Waals surface area contributed by atoms with Crippen LogP contribution in [0.1, 0.15) is 12.0 Å². The van der Waals surface area contributed by atoms with Gasteiger partial charge < -0.3 is 11.1 Å². The topological polar surface area (TPSA) is 72.2 Å². The van der Waals surface area contributed by atoms with Crippen LogP contribution in [-0.2, 0) is 21.3 Å². The zero-order valence-electron chi connectivity index (χ0n) is 9.53. The summed E-state index contributed by atoms with van der Waals surface area (Å²) in [5, 5.41) is 3.26. The van der Waals surface area contributed by atoms with Gasteiger partial charge in [0, 0.05) is 46.5 Å². The molecule has 1 aromatic rings. The lowest BCUT2D eigenvalue weighted by atomic mass is 10.2. The van der Waals surface area contributed by atoms with E-state index in [0.29, 0.717) is 23.0 Å². The van der Waals surface area contributed by atoms with Gasteiger partial charge in [-0.05, 0) is 23.8 Å². The Morgan fingerprint density at radius 3 is 2.82 bits per heavy atom. The third-order valence-corrected chi connectivity index (χ3v) is 3.15. The van der Waals surface area contributed by atoms with Gasteiger partial charge in [-0.15, -0.1) is 0 Å². The summed E-state index contributed by atoms with van der Waals surface area (Å²) in [5.41, 5.74) is 6.69. The van der Waals surface area contributed by atoms with Crippen molar-refractivity contribution in [2.45, 2.75) is 12.2 Å². The standard InChI is InChI=1S/C11H15ClN2O2S/c1-17(16)7-8-6-9(2-3-10(8)12)14-11(15)4-5-13/h2-3,6H,4-5,7,13H2,1H3,(H,14,15). The summed E-state index contributed by atoms with van der Waals surface area (Å²) >= 11 is 5.97. The van der Waals surface area contributed by atoms with E-state index in [1.165, 1.54) is 0 Å². The third kappa shape index (κ3) is 4.85. The minimum Gasteiger partial charge on any atom is -0.330 e. The molecular weight excluding hydrogens is 260 g/mol. The molecule has 0 aliphatic rings. The molecule has 0 heterocycles. The molecule has 0 aliphatic carbocycles. The van der Waals surface area contributed by atoms with Crippen LogP contribution in [0.15, 0.2) is 18.2 Å². The maximum Gasteiger partial charge on any atom is 0.225 e. The van der Waals surface area contributed by atoms with Crippen LogP contribution in [0.2, 0.25) is 5.02 Å². The lowest BCUT2D eigenvalue weighted by Crippen LogP contribution is -2.16. The second-order valence-electron chi connectivity index (χ2n) is 3.61. The fourth-order valence-corrected chi connectivity index (χ4v) is 2.28. The zero-order valence-corrected chi connectivity index (χ0v) is 11.1. The van der Waals surface area contributed by atoms with Gasteiger partial charge in [0.15, 0.2) is 0 Å². The number of anilines is 1. The molecule has 1 rings (SSSR count). The molecule has 1 aromatic carbocycles. The van der Waals surface area contributed by atoms with E-state index < -0.39 is 10.8 Å². The van der Waals surface area contributed by atoms with E-state index in [1.54, 1.807) is 24.5 Å². The van der Waals surface area contributed by atoms with E-state index in [0.717, 1.165) is 5.56 Å². The zero-order chi connectivity index (χ0) is 12.8. The number of carbonyl (C=O) groups is 1. The number of nitrogens with two attached hydrogens (primary N) is 1. The van der Waals surface area contributed by atoms with Crippen molar-refractivity contribution >= 4 is 34.0 Å². The number of benzene rings is 1. The van der Waals surface area contributed by atoms with Crippen molar-refractivity contribution in [3.05, 3.63) is 28.8 Å². The van der Waals surface area contributed by atoms with E-state index in [2.05, 4.69) is 5.32 Å². The number of halogens is 1. The molecule has 0 spiro atoms. The molecular formula is C11H15ClN2O2S. The summed E-state index contributed by atoms with van der Waals surface area (Å²) in [7, 11) is -0.968. The first-order valence-corrected chi connectivity index (χ1v) is 7.22. The van der Waals surface area contributed by atoms with E-state index >= 15 is 0 Å². The molecule has 0 saturated heterocycles. The van der Waals surface area contributed by atoms with Crippen LogP contribution in [0.5, 0.6) is 0 Å². The van der Waals surface area contributed by atoms with Gasteiger partial charge in [-0.1, -0.05) is 11.6 Å². The minimum atomic E-state index is -0.968. The Labute approximate surface area is 108 Å². The first kappa shape index (κ1) is 14.2. The highest BCUT2D eigenvalue weighted by molar-refractivity contribution is 7.83. The third-order valence-electron chi connectivity index (χ3n) is 2.06. The van der Waals surface area contributed by atoms with Crippen molar-refractivity contribution in [2.75, 3.05) is 18.1 Å². The number of carbonyl (C=O) groups excluding carboxylic acids is 1. The van der Waals surface area contributed by atoms with Crippen molar-refractivity contribution in [1.29, 1.82) is 0 Å². The molecule has 0 saturated carbocycles. The van der Waals surface area contributed by atoms with Crippen LogP contribution >= 0.6 is 11.6 Å². The van der Waals surface area contributed by atoms with Crippen molar-refractivity contribution in [1.82, 2.24) is 0 Å². The Bertz CT molecular complexity index is 437. The second-order valence-corrected chi connectivity index (χ2v) is 5.45. The molecule has 4 nitrogen and oxygen atoms in total. The first-order chi connectivity index (χ1) is 8.02. The predicted molar refractivity (Wildman–Crippen MR) is 71.5 cm³/mol. The summed E-state index contributed by atoms with van der Waals surface area (Å²) in [6.45, 7) is 0.311. The average Bonchev–Trinajstić information content (AvgIpc) is 2.22. The van der Waals surface area contributed by atoms with Gasteiger partial charge in [-0.25, -0.2) is 0 Å². The fourth-order valence-electron chi connectivity index (χ4n) is 1.34. The molecule has 0 aromatic heterocycles. The lowest BCUT2D eigenvalue weighted by Gasteiger charge is -2.08. The predicted octanol–water partition coefficient (Wildman–Crippen LogP) is 1.51. The van der Waals surface area contributed by atoms with Crippen LogP contribution in [0.3, 0.4) is 0 Å². The molecule has 1 atom stereocenters. The summed E-state index contributed by atoms with van der Waals surface area (Å²) in [6, 6.07) is 5.12. The van der Waals surface area contributed by atoms with Crippen LogP contribution in [0.4, 0.5) is 5.69 Å². The molecule has 0 radical (unpaired) electrons. The van der Waals surface area contributed by atoms with Crippen LogP contribution < -0.4 is 11.1 Å². The highest BCUT2D eigenvalue weighted by Gasteiger charge is 2.06. The van der Waals surface area contributed by atoms with E-state index in [4.69, 9.17) is 17.3 Å². The Balaban J connectivity index is 2.81. The maximum atomic E-state index is 11.3. The Morgan fingerprint density at radius 2 is 2.24 bits per heavy atom. The molecule has 0 fully saturated rings. The van der Waals surface area contributed by atoms with Crippen molar-refractivity contribution in [2.24, 2.45) is 5.73 Å². The lowest BCUT2D eigenvalue weighted by molar-refractivity contribution is -0.116. The van der Waals surface area contributed by atoms with Gasteiger partial charge >= 0.3 is 0 Å². The van der Waals surface area contributed by atoms with Gasteiger partial charge in [0.1, 0.15) is 0 Å². The van der Waals surface area contributed by atoms with Crippen molar-refractivity contribution < 1.29 is 9.00 Å². The smallest absolute Gasteiger partial charge is 0.225 e. The van der Waals surface area contributed by atoms with Gasteiger partial charge in [-0.3, -0.25) is 9.00 Å². The molecule has 1 amide bonds. The summed E-state index contributed by atoms with van der Waals surface area (Å²) in [5.74, 6) is 0.234. The van der Waals surface area contributed by atoms with Gasteiger partial charge in [-0.2, -0.15) is 0 Å². The van der Waals surface area contributed by atoms with Gasteiger partial charge in [0.2, 0.25) is 5.91 Å². The molecule has 0 bridgehead atoms. The number of amides is 1. The number of hydrogen-bond acceptors (Lipinski definition) is 3. The van der Waals surface area contributed by atoms with Crippen molar-refractivity contribution in [3.63, 3.8) is 0 Å². The molecule has 94 valence electrons. The van der Waals surface area contributed by atoms with Crippen LogP contribution in [0, 0.1) is 0 Å². The normalized spacial score (nSPS) is 12.2. The van der Waals surface area contributed by atoms with Gasteiger partial charge in [0.25, 0.3) is 0 Å².